The number of hydrogen-bond donors (Lipinski definition) is 3. The summed E-state index contributed by atoms with van der Waals surface area (Å²) in [7, 11) is -9.90. The fourth-order valence-electron chi connectivity index (χ4n) is 11.0. The molecule has 17 nitrogen and oxygen atoms in total. The van der Waals surface area contributed by atoms with Gasteiger partial charge in [-0.2, -0.15) is 0 Å². The van der Waals surface area contributed by atoms with Crippen molar-refractivity contribution in [3.05, 3.63) is 0 Å². The van der Waals surface area contributed by atoms with Crippen molar-refractivity contribution in [2.24, 2.45) is 5.92 Å². The predicted molar refractivity (Wildman–Crippen MR) is 368 cm³/mol. The maximum Gasteiger partial charge on any atom is 0.472 e. The van der Waals surface area contributed by atoms with Crippen molar-refractivity contribution in [1.29, 1.82) is 0 Å². The molecule has 0 rings (SSSR count). The van der Waals surface area contributed by atoms with E-state index in [1.807, 2.05) is 0 Å². The third kappa shape index (κ3) is 66.5. The van der Waals surface area contributed by atoms with Gasteiger partial charge in [0, 0.05) is 25.7 Å². The second-order valence-electron chi connectivity index (χ2n) is 26.5. The smallest absolute Gasteiger partial charge is 0.462 e. The average Bonchev–Trinajstić information content (AvgIpc) is 3.53. The van der Waals surface area contributed by atoms with E-state index >= 15 is 0 Å². The number of aliphatic hydroxyl groups is 1. The number of hydrogen-bond acceptors (Lipinski definition) is 15. The topological polar surface area (TPSA) is 237 Å². The molecule has 91 heavy (non-hydrogen) atoms. The Morgan fingerprint density at radius 2 is 0.505 bits per heavy atom. The summed E-state index contributed by atoms with van der Waals surface area (Å²) in [6, 6.07) is 0. The van der Waals surface area contributed by atoms with E-state index in [4.69, 9.17) is 37.0 Å². The molecule has 0 aromatic rings. The number of carbonyl (C=O) groups is 4. The Balaban J connectivity index is 5.20. The Morgan fingerprint density at radius 1 is 0.297 bits per heavy atom. The molecule has 19 heteroatoms. The van der Waals surface area contributed by atoms with Gasteiger partial charge in [0.25, 0.3) is 0 Å². The molecule has 0 aliphatic rings. The van der Waals surface area contributed by atoms with Crippen molar-refractivity contribution in [1.82, 2.24) is 0 Å². The number of esters is 4. The van der Waals surface area contributed by atoms with E-state index in [1.165, 1.54) is 199 Å². The first-order chi connectivity index (χ1) is 44.0. The van der Waals surface area contributed by atoms with Gasteiger partial charge in [-0.15, -0.1) is 0 Å². The van der Waals surface area contributed by atoms with Crippen LogP contribution in [-0.4, -0.2) is 96.7 Å². The van der Waals surface area contributed by atoms with Crippen LogP contribution in [0.2, 0.25) is 0 Å². The number of phosphoric ester groups is 2. The minimum absolute atomic E-state index is 0.107. The molecule has 0 aliphatic heterocycles. The van der Waals surface area contributed by atoms with Gasteiger partial charge in [-0.25, -0.2) is 9.13 Å². The first kappa shape index (κ1) is 89.1. The van der Waals surface area contributed by atoms with Crippen molar-refractivity contribution in [3.8, 4) is 0 Å². The lowest BCUT2D eigenvalue weighted by molar-refractivity contribution is -0.161. The Morgan fingerprint density at radius 3 is 0.747 bits per heavy atom. The molecule has 5 atom stereocenters. The summed E-state index contributed by atoms with van der Waals surface area (Å²) in [5, 5.41) is 10.6. The van der Waals surface area contributed by atoms with Crippen LogP contribution in [0.4, 0.5) is 0 Å². The minimum atomic E-state index is -4.95. The zero-order chi connectivity index (χ0) is 67.0. The fourth-order valence-corrected chi connectivity index (χ4v) is 12.6. The fraction of sp³-hybridized carbons (Fsp3) is 0.944. The van der Waals surface area contributed by atoms with Gasteiger partial charge in [-0.1, -0.05) is 324 Å². The molecule has 0 radical (unpaired) electrons. The van der Waals surface area contributed by atoms with Gasteiger partial charge in [-0.05, 0) is 31.6 Å². The Bertz CT molecular complexity index is 1750. The highest BCUT2D eigenvalue weighted by Crippen LogP contribution is 2.45. The van der Waals surface area contributed by atoms with E-state index in [-0.39, 0.29) is 25.7 Å². The second kappa shape index (κ2) is 65.4. The lowest BCUT2D eigenvalue weighted by Gasteiger charge is -2.21. The summed E-state index contributed by atoms with van der Waals surface area (Å²) >= 11 is 0. The maximum absolute atomic E-state index is 13.0. The first-order valence-corrected chi connectivity index (χ1v) is 40.6. The lowest BCUT2D eigenvalue weighted by Crippen LogP contribution is -2.30. The summed E-state index contributed by atoms with van der Waals surface area (Å²) in [5.74, 6) is -1.38. The van der Waals surface area contributed by atoms with Crippen molar-refractivity contribution >= 4 is 39.5 Å². The van der Waals surface area contributed by atoms with Gasteiger partial charge in [0.2, 0.25) is 0 Å². The quantitative estimate of drug-likeness (QED) is 0.0222. The molecule has 0 aliphatic carbocycles. The SMILES string of the molecule is CCCCCCCCCCCCCCCCCCCCCC(=O)O[C@H](COC(=O)CCCCCCCCCCCC(C)C)COP(=O)(O)OC[C@@H](O)COP(=O)(O)OC[C@@H](COC(=O)CCCCCCCCCCC)OC(=O)CCCCCCCCCCCCC. The molecule has 0 spiro atoms. The number of carbonyl (C=O) groups excluding carboxylic acids is 4. The largest absolute Gasteiger partial charge is 0.472 e. The highest BCUT2D eigenvalue weighted by Gasteiger charge is 2.30. The summed E-state index contributed by atoms with van der Waals surface area (Å²) in [6.07, 6.45) is 52.7. The Hall–Kier alpha value is -1.94. The zero-order valence-corrected chi connectivity index (χ0v) is 60.8. The standard InChI is InChI=1S/C72H140O17P2/c1-6-9-12-15-18-21-23-24-25-26-27-28-29-30-32-37-43-48-53-58-72(77)89-68(62-83-70(75)56-51-46-41-38-33-35-39-44-49-54-65(4)5)64-87-91(80,81)85-60-66(73)59-84-90(78,79)86-63-67(61-82-69(74)55-50-45-40-34-20-17-14-11-8-3)88-71(76)57-52-47-42-36-31-22-19-16-13-10-7-2/h65-68,73H,6-64H2,1-5H3,(H,78,79)(H,80,81)/t66-,67+,68+/m0/s1. The van der Waals surface area contributed by atoms with Gasteiger partial charge in [0.15, 0.2) is 12.2 Å². The van der Waals surface area contributed by atoms with E-state index in [1.54, 1.807) is 0 Å². The molecule has 0 saturated heterocycles. The molecule has 0 aromatic heterocycles. The van der Waals surface area contributed by atoms with Gasteiger partial charge >= 0.3 is 39.5 Å². The molecule has 3 N–H and O–H groups in total. The Kier molecular flexibility index (Phi) is 64.0. The van der Waals surface area contributed by atoms with Crippen molar-refractivity contribution in [2.75, 3.05) is 39.6 Å². The summed E-state index contributed by atoms with van der Waals surface area (Å²) in [6.45, 7) is 7.22. The predicted octanol–water partition coefficient (Wildman–Crippen LogP) is 20.9. The number of unbranched alkanes of at least 4 members (excludes halogenated alkanes) is 44. The van der Waals surface area contributed by atoms with Crippen LogP contribution >= 0.6 is 15.6 Å². The third-order valence-electron chi connectivity index (χ3n) is 16.8. The third-order valence-corrected chi connectivity index (χ3v) is 18.7. The van der Waals surface area contributed by atoms with Crippen molar-refractivity contribution in [2.45, 2.75) is 393 Å². The van der Waals surface area contributed by atoms with Crippen LogP contribution in [0.15, 0.2) is 0 Å². The molecule has 0 amide bonds. The average molecular weight is 1340 g/mol. The lowest BCUT2D eigenvalue weighted by atomic mass is 10.0. The molecule has 0 fully saturated rings. The molecular weight excluding hydrogens is 1200 g/mol. The van der Waals surface area contributed by atoms with Crippen LogP contribution in [0.1, 0.15) is 375 Å². The van der Waals surface area contributed by atoms with Gasteiger partial charge < -0.3 is 33.8 Å². The van der Waals surface area contributed by atoms with Crippen LogP contribution in [0.5, 0.6) is 0 Å². The highest BCUT2D eigenvalue weighted by atomic mass is 31.2. The molecule has 0 saturated carbocycles. The van der Waals surface area contributed by atoms with Crippen LogP contribution in [0, 0.1) is 5.92 Å². The summed E-state index contributed by atoms with van der Waals surface area (Å²) in [4.78, 5) is 72.5. The minimum Gasteiger partial charge on any atom is -0.462 e. The summed E-state index contributed by atoms with van der Waals surface area (Å²) in [5.41, 5.74) is 0. The molecule has 0 heterocycles. The van der Waals surface area contributed by atoms with Crippen LogP contribution in [0.3, 0.4) is 0 Å². The Labute approximate surface area is 556 Å². The molecule has 0 aromatic carbocycles. The molecular formula is C72H140O17P2. The molecule has 2 unspecified atom stereocenters. The van der Waals surface area contributed by atoms with Crippen LogP contribution in [-0.2, 0) is 65.4 Å². The van der Waals surface area contributed by atoms with Gasteiger partial charge in [-0.3, -0.25) is 37.3 Å². The normalized spacial score (nSPS) is 14.0. The van der Waals surface area contributed by atoms with Crippen LogP contribution < -0.4 is 0 Å². The van der Waals surface area contributed by atoms with E-state index in [2.05, 4.69) is 34.6 Å². The van der Waals surface area contributed by atoms with Crippen LogP contribution in [0.25, 0.3) is 0 Å². The number of phosphoric acid groups is 2. The number of ether oxygens (including phenoxy) is 4. The highest BCUT2D eigenvalue weighted by molar-refractivity contribution is 7.47. The van der Waals surface area contributed by atoms with E-state index in [0.29, 0.717) is 25.7 Å². The number of aliphatic hydroxyl groups excluding tert-OH is 1. The second-order valence-corrected chi connectivity index (χ2v) is 29.4. The van der Waals surface area contributed by atoms with E-state index < -0.39 is 97.5 Å². The molecule has 540 valence electrons. The van der Waals surface area contributed by atoms with Gasteiger partial charge in [0.05, 0.1) is 26.4 Å². The maximum atomic E-state index is 13.0. The van der Waals surface area contributed by atoms with E-state index in [0.717, 1.165) is 95.8 Å². The first-order valence-electron chi connectivity index (χ1n) is 37.6. The van der Waals surface area contributed by atoms with E-state index in [9.17, 15) is 43.2 Å². The number of rotatable bonds is 72. The monoisotopic (exact) mass is 1340 g/mol. The zero-order valence-electron chi connectivity index (χ0n) is 59.0. The molecule has 0 bridgehead atoms. The van der Waals surface area contributed by atoms with Crippen molar-refractivity contribution < 1.29 is 80.2 Å². The summed E-state index contributed by atoms with van der Waals surface area (Å²) < 4.78 is 68.3. The van der Waals surface area contributed by atoms with Crippen molar-refractivity contribution in [3.63, 3.8) is 0 Å². The van der Waals surface area contributed by atoms with Gasteiger partial charge in [0.1, 0.15) is 19.3 Å².